The van der Waals surface area contributed by atoms with Gasteiger partial charge in [0.2, 0.25) is 0 Å². The number of nitrogens with zero attached hydrogens (tertiary/aromatic N) is 3. The van der Waals surface area contributed by atoms with E-state index in [4.69, 9.17) is 20.4 Å². The van der Waals surface area contributed by atoms with Crippen LogP contribution in [0.1, 0.15) is 62.2 Å². The minimum absolute atomic E-state index is 0.283. The number of para-hydroxylation sites is 3. The van der Waals surface area contributed by atoms with E-state index in [1.54, 1.807) is 4.57 Å². The molecule has 2 N–H and O–H groups in total. The molecule has 7 heteroatoms. The molecular weight excluding hydrogens is 527 g/mol. The molecule has 0 radical (unpaired) electrons. The molecular formula is C26H29IN4O2. The second-order valence-corrected chi connectivity index (χ2v) is 9.35. The Morgan fingerprint density at radius 3 is 2.30 bits per heavy atom. The second-order valence-electron chi connectivity index (χ2n) is 8.19. The zero-order valence-electron chi connectivity index (χ0n) is 18.9. The Morgan fingerprint density at radius 1 is 0.939 bits per heavy atom. The topological polar surface area (TPSA) is 83.0 Å². The molecule has 172 valence electrons. The van der Waals surface area contributed by atoms with Gasteiger partial charge in [-0.2, -0.15) is 0 Å². The lowest BCUT2D eigenvalue weighted by Crippen LogP contribution is -2.10. The van der Waals surface area contributed by atoms with Crippen molar-refractivity contribution in [3.05, 3.63) is 57.7 Å². The highest BCUT2D eigenvalue weighted by atomic mass is 127. The maximum Gasteiger partial charge on any atom is 0.344 e. The lowest BCUT2D eigenvalue weighted by Gasteiger charge is -2.10. The van der Waals surface area contributed by atoms with E-state index in [1.165, 1.54) is 32.1 Å². The van der Waals surface area contributed by atoms with Crippen molar-refractivity contribution in [2.45, 2.75) is 51.9 Å². The third-order valence-corrected chi connectivity index (χ3v) is 6.69. The number of hydrogen-bond donors (Lipinski definition) is 1. The number of nitrogen functional groups attached to an aromatic ring is 1. The van der Waals surface area contributed by atoms with Crippen molar-refractivity contribution in [2.24, 2.45) is 0 Å². The van der Waals surface area contributed by atoms with Crippen molar-refractivity contribution < 1.29 is 9.53 Å². The molecule has 0 unspecified atom stereocenters. The Balaban J connectivity index is 1.63. The van der Waals surface area contributed by atoms with Crippen LogP contribution in [0, 0.1) is 3.57 Å². The van der Waals surface area contributed by atoms with E-state index in [2.05, 4.69) is 29.5 Å². The van der Waals surface area contributed by atoms with Crippen LogP contribution in [0.15, 0.2) is 48.5 Å². The van der Waals surface area contributed by atoms with Crippen LogP contribution in [0.4, 0.5) is 5.82 Å². The minimum Gasteiger partial charge on any atom is -0.462 e. The predicted octanol–water partition coefficient (Wildman–Crippen LogP) is 6.67. The molecule has 2 heterocycles. The van der Waals surface area contributed by atoms with Crippen LogP contribution in [-0.4, -0.2) is 27.1 Å². The number of esters is 1. The van der Waals surface area contributed by atoms with Gasteiger partial charge in [-0.3, -0.25) is 4.57 Å². The minimum atomic E-state index is -0.447. The standard InChI is InChI=1S/C26H29IN4O2/c1-2-3-4-5-6-7-12-17-33-26(32)22-23-25(30-20-15-10-9-14-19(20)29-23)31(24(22)28)21-16-11-8-13-18(21)27/h8-11,13-16H,2-7,12,17,28H2,1H3. The zero-order chi connectivity index (χ0) is 23.2. The number of carbonyl (C=O) groups is 1. The fourth-order valence-corrected chi connectivity index (χ4v) is 4.66. The first-order valence-corrected chi connectivity index (χ1v) is 12.7. The first-order chi connectivity index (χ1) is 16.1. The Hall–Kier alpha value is -2.68. The van der Waals surface area contributed by atoms with E-state index < -0.39 is 5.97 Å². The Bertz CT molecular complexity index is 1270. The summed E-state index contributed by atoms with van der Waals surface area (Å²) in [4.78, 5) is 22.7. The predicted molar refractivity (Wildman–Crippen MR) is 142 cm³/mol. The summed E-state index contributed by atoms with van der Waals surface area (Å²) in [7, 11) is 0. The average molecular weight is 556 g/mol. The number of aromatic nitrogens is 3. The van der Waals surface area contributed by atoms with Gasteiger partial charge in [0.25, 0.3) is 0 Å². The molecule has 4 aromatic rings. The van der Waals surface area contributed by atoms with Crippen molar-refractivity contribution in [3.63, 3.8) is 0 Å². The lowest BCUT2D eigenvalue weighted by atomic mass is 10.1. The van der Waals surface area contributed by atoms with Crippen LogP contribution in [0.2, 0.25) is 0 Å². The summed E-state index contributed by atoms with van der Waals surface area (Å²) in [5, 5.41) is 0. The highest BCUT2D eigenvalue weighted by Crippen LogP contribution is 2.33. The summed E-state index contributed by atoms with van der Waals surface area (Å²) in [5.41, 5.74) is 10.2. The highest BCUT2D eigenvalue weighted by molar-refractivity contribution is 14.1. The first kappa shape index (κ1) is 23.5. The number of rotatable bonds is 10. The van der Waals surface area contributed by atoms with Crippen LogP contribution in [0.3, 0.4) is 0 Å². The average Bonchev–Trinajstić information content (AvgIpc) is 3.10. The van der Waals surface area contributed by atoms with Gasteiger partial charge in [-0.05, 0) is 53.3 Å². The van der Waals surface area contributed by atoms with E-state index in [9.17, 15) is 4.79 Å². The van der Waals surface area contributed by atoms with Gasteiger partial charge in [0.15, 0.2) is 5.65 Å². The monoisotopic (exact) mass is 556 g/mol. The molecule has 0 fully saturated rings. The van der Waals surface area contributed by atoms with Gasteiger partial charge >= 0.3 is 5.97 Å². The fraction of sp³-hybridized carbons (Fsp3) is 0.346. The van der Waals surface area contributed by atoms with Crippen LogP contribution >= 0.6 is 22.6 Å². The van der Waals surface area contributed by atoms with Gasteiger partial charge in [0.1, 0.15) is 16.9 Å². The number of anilines is 1. The summed E-state index contributed by atoms with van der Waals surface area (Å²) in [5.74, 6) is -0.147. The molecule has 0 amide bonds. The molecule has 2 aromatic carbocycles. The molecule has 0 saturated carbocycles. The maximum atomic E-state index is 13.1. The molecule has 0 bridgehead atoms. The fourth-order valence-electron chi connectivity index (χ4n) is 4.04. The molecule has 0 atom stereocenters. The van der Waals surface area contributed by atoms with Gasteiger partial charge in [-0.15, -0.1) is 0 Å². The molecule has 0 spiro atoms. The quantitative estimate of drug-likeness (QED) is 0.134. The molecule has 0 aliphatic heterocycles. The van der Waals surface area contributed by atoms with Crippen molar-refractivity contribution >= 4 is 56.6 Å². The number of halogens is 1. The summed E-state index contributed by atoms with van der Waals surface area (Å²) >= 11 is 2.26. The van der Waals surface area contributed by atoms with E-state index >= 15 is 0 Å². The molecule has 0 aliphatic carbocycles. The Kier molecular flexibility index (Phi) is 7.80. The normalized spacial score (nSPS) is 11.3. The van der Waals surface area contributed by atoms with E-state index in [1.807, 2.05) is 48.5 Å². The van der Waals surface area contributed by atoms with E-state index in [0.29, 0.717) is 29.1 Å². The molecule has 6 nitrogen and oxygen atoms in total. The largest absolute Gasteiger partial charge is 0.462 e. The lowest BCUT2D eigenvalue weighted by molar-refractivity contribution is 0.0501. The third kappa shape index (κ3) is 5.13. The third-order valence-electron chi connectivity index (χ3n) is 5.78. The number of carbonyl (C=O) groups excluding carboxylic acids is 1. The number of unbranched alkanes of at least 4 members (excludes halogenated alkanes) is 6. The summed E-state index contributed by atoms with van der Waals surface area (Å²) in [6, 6.07) is 15.5. The van der Waals surface area contributed by atoms with Gasteiger partial charge in [-0.1, -0.05) is 69.7 Å². The van der Waals surface area contributed by atoms with Crippen LogP contribution < -0.4 is 5.73 Å². The molecule has 2 aromatic heterocycles. The molecule has 4 rings (SSSR count). The van der Waals surface area contributed by atoms with Gasteiger partial charge in [0, 0.05) is 3.57 Å². The van der Waals surface area contributed by atoms with Gasteiger partial charge < -0.3 is 10.5 Å². The van der Waals surface area contributed by atoms with Crippen molar-refractivity contribution in [1.29, 1.82) is 0 Å². The molecule has 0 aliphatic rings. The van der Waals surface area contributed by atoms with Crippen LogP contribution in [0.5, 0.6) is 0 Å². The Labute approximate surface area is 207 Å². The first-order valence-electron chi connectivity index (χ1n) is 11.6. The molecule has 33 heavy (non-hydrogen) atoms. The number of nitrogens with two attached hydrogens (primary N) is 1. The van der Waals surface area contributed by atoms with Gasteiger partial charge in [-0.25, -0.2) is 14.8 Å². The SMILES string of the molecule is CCCCCCCCCOC(=O)c1c(N)n(-c2ccccc2I)c2nc3ccccc3nc12. The Morgan fingerprint density at radius 2 is 1.58 bits per heavy atom. The highest BCUT2D eigenvalue weighted by Gasteiger charge is 2.26. The number of fused-ring (bicyclic) bond motifs is 2. The number of hydrogen-bond acceptors (Lipinski definition) is 5. The van der Waals surface area contributed by atoms with E-state index in [0.717, 1.165) is 27.6 Å². The van der Waals surface area contributed by atoms with Crippen LogP contribution in [-0.2, 0) is 4.74 Å². The maximum absolute atomic E-state index is 13.1. The second kappa shape index (κ2) is 11.0. The molecule has 0 saturated heterocycles. The number of benzene rings is 2. The van der Waals surface area contributed by atoms with Crippen LogP contribution in [0.25, 0.3) is 27.9 Å². The van der Waals surface area contributed by atoms with Crippen molar-refractivity contribution in [1.82, 2.24) is 14.5 Å². The summed E-state index contributed by atoms with van der Waals surface area (Å²) in [6.45, 7) is 2.59. The van der Waals surface area contributed by atoms with E-state index in [-0.39, 0.29) is 5.56 Å². The smallest absolute Gasteiger partial charge is 0.344 e. The van der Waals surface area contributed by atoms with Gasteiger partial charge in [0.05, 0.1) is 23.3 Å². The van der Waals surface area contributed by atoms with Crippen molar-refractivity contribution in [3.8, 4) is 5.69 Å². The van der Waals surface area contributed by atoms with Crippen molar-refractivity contribution in [2.75, 3.05) is 12.3 Å². The summed E-state index contributed by atoms with van der Waals surface area (Å²) < 4.78 is 8.44. The zero-order valence-corrected chi connectivity index (χ0v) is 21.0. The number of ether oxygens (including phenoxy) is 1. The summed E-state index contributed by atoms with van der Waals surface area (Å²) in [6.07, 6.45) is 8.12.